The first-order valence-electron chi connectivity index (χ1n) is 3.76. The van der Waals surface area contributed by atoms with E-state index in [1.807, 2.05) is 19.0 Å². The number of aliphatic imine (C=N–C) groups is 1. The number of nitrogens with zero attached hydrogens (tertiary/aromatic N) is 2. The van der Waals surface area contributed by atoms with E-state index in [0.29, 0.717) is 5.92 Å². The van der Waals surface area contributed by atoms with Crippen LogP contribution in [0, 0.1) is 5.92 Å². The van der Waals surface area contributed by atoms with Crippen LogP contribution < -0.4 is 11.3 Å². The summed E-state index contributed by atoms with van der Waals surface area (Å²) in [7, 11) is 3.80. The molecule has 0 aliphatic carbocycles. The largest absolute Gasteiger partial charge is 0.348 e. The molecule has 4 nitrogen and oxygen atoms in total. The van der Waals surface area contributed by atoms with Crippen LogP contribution in [0.4, 0.5) is 0 Å². The molecule has 0 radical (unpaired) electrons. The molecule has 0 aromatic heterocycles. The molecule has 0 bridgehead atoms. The minimum atomic E-state index is 0.568. The van der Waals surface area contributed by atoms with Crippen LogP contribution in [0.15, 0.2) is 4.99 Å². The van der Waals surface area contributed by atoms with Crippen LogP contribution >= 0.6 is 0 Å². The van der Waals surface area contributed by atoms with E-state index in [1.165, 1.54) is 0 Å². The van der Waals surface area contributed by atoms with Crippen molar-refractivity contribution < 1.29 is 0 Å². The van der Waals surface area contributed by atoms with Crippen LogP contribution in [-0.4, -0.2) is 31.5 Å². The number of nitrogens with two attached hydrogens (primary N) is 1. The first kappa shape index (κ1) is 10.2. The minimum absolute atomic E-state index is 0.568. The maximum atomic E-state index is 5.24. The Morgan fingerprint density at radius 2 is 2.09 bits per heavy atom. The van der Waals surface area contributed by atoms with Crippen LogP contribution in [0.2, 0.25) is 0 Å². The van der Waals surface area contributed by atoms with Crippen LogP contribution in [0.5, 0.6) is 0 Å². The van der Waals surface area contributed by atoms with Gasteiger partial charge in [-0.3, -0.25) is 10.4 Å². The zero-order valence-electron chi connectivity index (χ0n) is 7.76. The van der Waals surface area contributed by atoms with E-state index in [9.17, 15) is 0 Å². The van der Waals surface area contributed by atoms with Gasteiger partial charge >= 0.3 is 0 Å². The topological polar surface area (TPSA) is 53.6 Å². The van der Waals surface area contributed by atoms with Crippen molar-refractivity contribution in [3.63, 3.8) is 0 Å². The van der Waals surface area contributed by atoms with Crippen molar-refractivity contribution in [3.8, 4) is 0 Å². The second-order valence-corrected chi connectivity index (χ2v) is 3.10. The van der Waals surface area contributed by atoms with Gasteiger partial charge in [0.2, 0.25) is 5.96 Å². The van der Waals surface area contributed by atoms with Crippen molar-refractivity contribution in [2.24, 2.45) is 16.8 Å². The van der Waals surface area contributed by atoms with Gasteiger partial charge in [-0.25, -0.2) is 5.84 Å². The quantitative estimate of drug-likeness (QED) is 0.258. The van der Waals surface area contributed by atoms with Gasteiger partial charge in [0.05, 0.1) is 0 Å². The molecule has 0 unspecified atom stereocenters. The second kappa shape index (κ2) is 4.96. The third-order valence-electron chi connectivity index (χ3n) is 1.16. The Labute approximate surface area is 68.4 Å². The fraction of sp³-hybridized carbons (Fsp3) is 0.857. The summed E-state index contributed by atoms with van der Waals surface area (Å²) in [4.78, 5) is 6.10. The molecule has 0 aliphatic heterocycles. The highest BCUT2D eigenvalue weighted by molar-refractivity contribution is 5.78. The number of hydrazine groups is 1. The lowest BCUT2D eigenvalue weighted by Crippen LogP contribution is -2.41. The zero-order chi connectivity index (χ0) is 8.85. The summed E-state index contributed by atoms with van der Waals surface area (Å²) >= 11 is 0. The van der Waals surface area contributed by atoms with Crippen molar-refractivity contribution in [2.75, 3.05) is 20.6 Å². The van der Waals surface area contributed by atoms with E-state index >= 15 is 0 Å². The summed E-state index contributed by atoms with van der Waals surface area (Å²) in [5.41, 5.74) is 2.53. The Morgan fingerprint density at radius 1 is 1.55 bits per heavy atom. The molecule has 0 saturated carbocycles. The summed E-state index contributed by atoms with van der Waals surface area (Å²) in [6, 6.07) is 0. The third-order valence-corrected chi connectivity index (χ3v) is 1.16. The van der Waals surface area contributed by atoms with E-state index in [-0.39, 0.29) is 0 Å². The molecular weight excluding hydrogens is 140 g/mol. The van der Waals surface area contributed by atoms with Gasteiger partial charge in [0.25, 0.3) is 0 Å². The van der Waals surface area contributed by atoms with E-state index < -0.39 is 0 Å². The van der Waals surface area contributed by atoms with Crippen molar-refractivity contribution >= 4 is 5.96 Å². The Balaban J connectivity index is 3.91. The molecule has 0 heterocycles. The molecule has 0 amide bonds. The van der Waals surface area contributed by atoms with Crippen LogP contribution in [0.25, 0.3) is 0 Å². The van der Waals surface area contributed by atoms with E-state index in [1.54, 1.807) is 0 Å². The lowest BCUT2D eigenvalue weighted by Gasteiger charge is -2.14. The summed E-state index contributed by atoms with van der Waals surface area (Å²) in [5.74, 6) is 6.53. The van der Waals surface area contributed by atoms with Crippen molar-refractivity contribution in [1.82, 2.24) is 10.3 Å². The van der Waals surface area contributed by atoms with Crippen molar-refractivity contribution in [2.45, 2.75) is 13.8 Å². The van der Waals surface area contributed by atoms with Gasteiger partial charge in [0.1, 0.15) is 0 Å². The number of nitrogens with one attached hydrogen (secondary N) is 1. The van der Waals surface area contributed by atoms with Gasteiger partial charge < -0.3 is 4.90 Å². The minimum Gasteiger partial charge on any atom is -0.348 e. The van der Waals surface area contributed by atoms with E-state index in [4.69, 9.17) is 5.84 Å². The van der Waals surface area contributed by atoms with Crippen LogP contribution in [0.1, 0.15) is 13.8 Å². The monoisotopic (exact) mass is 158 g/mol. The van der Waals surface area contributed by atoms with Gasteiger partial charge in [0.15, 0.2) is 0 Å². The summed E-state index contributed by atoms with van der Waals surface area (Å²) in [6.07, 6.45) is 0. The Bertz CT molecular complexity index is 128. The summed E-state index contributed by atoms with van der Waals surface area (Å²) < 4.78 is 0. The van der Waals surface area contributed by atoms with Gasteiger partial charge in [0, 0.05) is 20.6 Å². The van der Waals surface area contributed by atoms with Gasteiger partial charge in [-0.2, -0.15) is 0 Å². The molecular formula is C7H18N4. The number of guanidine groups is 1. The van der Waals surface area contributed by atoms with E-state index in [2.05, 4.69) is 24.3 Å². The molecule has 0 aliphatic rings. The second-order valence-electron chi connectivity index (χ2n) is 3.10. The lowest BCUT2D eigenvalue weighted by molar-refractivity contribution is 0.572. The summed E-state index contributed by atoms with van der Waals surface area (Å²) in [5, 5.41) is 0. The molecule has 66 valence electrons. The fourth-order valence-electron chi connectivity index (χ4n) is 0.585. The molecule has 3 N–H and O–H groups in total. The molecule has 0 aromatic rings. The van der Waals surface area contributed by atoms with Crippen LogP contribution in [0.3, 0.4) is 0 Å². The van der Waals surface area contributed by atoms with Crippen LogP contribution in [-0.2, 0) is 0 Å². The Hall–Kier alpha value is -0.770. The van der Waals surface area contributed by atoms with Crippen molar-refractivity contribution in [3.05, 3.63) is 0 Å². The highest BCUT2D eigenvalue weighted by Crippen LogP contribution is 1.91. The average molecular weight is 158 g/mol. The van der Waals surface area contributed by atoms with Crippen molar-refractivity contribution in [1.29, 1.82) is 0 Å². The lowest BCUT2D eigenvalue weighted by atomic mass is 10.2. The maximum Gasteiger partial charge on any atom is 0.207 e. The molecule has 0 atom stereocenters. The molecule has 11 heavy (non-hydrogen) atoms. The number of rotatable bonds is 2. The summed E-state index contributed by atoms with van der Waals surface area (Å²) in [6.45, 7) is 5.04. The SMILES string of the molecule is CC(C)CN=C(NN)N(C)C. The molecule has 4 heteroatoms. The predicted octanol–water partition coefficient (Wildman–Crippen LogP) is 0.0233. The maximum absolute atomic E-state index is 5.24. The molecule has 0 fully saturated rings. The third kappa shape index (κ3) is 4.61. The highest BCUT2D eigenvalue weighted by Gasteiger charge is 1.97. The normalized spacial score (nSPS) is 12.0. The first-order valence-corrected chi connectivity index (χ1v) is 3.76. The van der Waals surface area contributed by atoms with Gasteiger partial charge in [-0.1, -0.05) is 13.8 Å². The number of hydrogen-bond acceptors (Lipinski definition) is 2. The fourth-order valence-corrected chi connectivity index (χ4v) is 0.585. The molecule has 0 rings (SSSR count). The zero-order valence-corrected chi connectivity index (χ0v) is 7.76. The standard InChI is InChI=1S/C7H18N4/c1-6(2)5-9-7(10-8)11(3)4/h6H,5,8H2,1-4H3,(H,9,10). The van der Waals surface area contributed by atoms with Gasteiger partial charge in [-0.15, -0.1) is 0 Å². The Morgan fingerprint density at radius 3 is 2.36 bits per heavy atom. The highest BCUT2D eigenvalue weighted by atomic mass is 15.4. The smallest absolute Gasteiger partial charge is 0.207 e. The number of hydrogen-bond donors (Lipinski definition) is 2. The van der Waals surface area contributed by atoms with E-state index in [0.717, 1.165) is 12.5 Å². The average Bonchev–Trinajstić information content (AvgIpc) is 1.87. The molecule has 0 spiro atoms. The Kier molecular flexibility index (Phi) is 4.61. The first-order chi connectivity index (χ1) is 5.07. The molecule has 0 aromatic carbocycles. The molecule has 0 saturated heterocycles. The predicted molar refractivity (Wildman–Crippen MR) is 48.2 cm³/mol. The van der Waals surface area contributed by atoms with Gasteiger partial charge in [-0.05, 0) is 5.92 Å².